The van der Waals surface area contributed by atoms with Crippen molar-refractivity contribution >= 4 is 11.4 Å². The van der Waals surface area contributed by atoms with Crippen LogP contribution in [0.15, 0.2) is 18.2 Å². The van der Waals surface area contributed by atoms with Crippen molar-refractivity contribution < 1.29 is 9.66 Å². The smallest absolute Gasteiger partial charge is 0.312 e. The fourth-order valence-corrected chi connectivity index (χ4v) is 2.55. The number of piperidine rings is 1. The molecule has 0 saturated carbocycles. The van der Waals surface area contributed by atoms with Crippen LogP contribution in [0.3, 0.4) is 0 Å². The quantitative estimate of drug-likeness (QED) is 0.662. The number of ether oxygens (including phenoxy) is 1. The molecule has 1 N–H and O–H groups in total. The van der Waals surface area contributed by atoms with Crippen molar-refractivity contribution in [1.29, 1.82) is 0 Å². The molecule has 0 atom stereocenters. The molecule has 6 heteroatoms. The summed E-state index contributed by atoms with van der Waals surface area (Å²) in [7, 11) is 1.44. The summed E-state index contributed by atoms with van der Waals surface area (Å²) in [5.41, 5.74) is 0.788. The number of hydrogen-bond acceptors (Lipinski definition) is 5. The van der Waals surface area contributed by atoms with Gasteiger partial charge in [0.2, 0.25) is 0 Å². The van der Waals surface area contributed by atoms with Gasteiger partial charge in [0, 0.05) is 30.9 Å². The molecule has 0 spiro atoms. The molecule has 1 aliphatic rings. The van der Waals surface area contributed by atoms with Crippen LogP contribution < -0.4 is 10.1 Å². The van der Waals surface area contributed by atoms with E-state index in [0.717, 1.165) is 38.2 Å². The van der Waals surface area contributed by atoms with Gasteiger partial charge in [-0.25, -0.2) is 0 Å². The molecule has 1 aromatic carbocycles. The Hall–Kier alpha value is -1.82. The molecule has 0 bridgehead atoms. The highest BCUT2D eigenvalue weighted by molar-refractivity contribution is 5.58. The number of nitrogens with one attached hydrogen (secondary N) is 1. The van der Waals surface area contributed by atoms with Gasteiger partial charge in [-0.2, -0.15) is 0 Å². The van der Waals surface area contributed by atoms with E-state index in [2.05, 4.69) is 17.1 Å². The van der Waals surface area contributed by atoms with Gasteiger partial charge in [-0.3, -0.25) is 10.1 Å². The molecule has 0 amide bonds. The molecule has 2 rings (SSSR count). The van der Waals surface area contributed by atoms with Gasteiger partial charge >= 0.3 is 5.69 Å². The Morgan fingerprint density at radius 1 is 1.45 bits per heavy atom. The first kappa shape index (κ1) is 14.6. The summed E-state index contributed by atoms with van der Waals surface area (Å²) in [5.74, 6) is 0.293. The lowest BCUT2D eigenvalue weighted by atomic mass is 10.0. The van der Waals surface area contributed by atoms with Crippen LogP contribution in [-0.4, -0.2) is 42.6 Å². The van der Waals surface area contributed by atoms with Crippen LogP contribution in [0.1, 0.15) is 19.8 Å². The molecule has 0 unspecified atom stereocenters. The second-order valence-electron chi connectivity index (χ2n) is 5.00. The monoisotopic (exact) mass is 279 g/mol. The standard InChI is InChI=1S/C14H21N3O3/c1-3-16-8-6-11(7-9-16)15-12-4-5-14(20-2)13(10-12)17(18)19/h4-5,10-11,15H,3,6-9H2,1-2H3. The zero-order valence-corrected chi connectivity index (χ0v) is 12.0. The summed E-state index contributed by atoms with van der Waals surface area (Å²) in [6, 6.07) is 5.40. The minimum absolute atomic E-state index is 0.00324. The highest BCUT2D eigenvalue weighted by Gasteiger charge is 2.20. The number of rotatable bonds is 5. The summed E-state index contributed by atoms with van der Waals surface area (Å²) >= 11 is 0. The summed E-state index contributed by atoms with van der Waals surface area (Å²) < 4.78 is 5.00. The van der Waals surface area contributed by atoms with Crippen LogP contribution in [0, 0.1) is 10.1 Å². The van der Waals surface area contributed by atoms with E-state index in [1.165, 1.54) is 7.11 Å². The van der Waals surface area contributed by atoms with Crippen molar-refractivity contribution in [2.75, 3.05) is 32.1 Å². The number of nitrogens with zero attached hydrogens (tertiary/aromatic N) is 2. The number of methoxy groups -OCH3 is 1. The molecule has 1 aromatic rings. The maximum Gasteiger partial charge on any atom is 0.312 e. The summed E-state index contributed by atoms with van der Waals surface area (Å²) in [6.45, 7) is 5.40. The highest BCUT2D eigenvalue weighted by Crippen LogP contribution is 2.30. The van der Waals surface area contributed by atoms with Crippen LogP contribution in [0.5, 0.6) is 5.75 Å². The Balaban J connectivity index is 2.03. The second-order valence-corrected chi connectivity index (χ2v) is 5.00. The Labute approximate surface area is 118 Å². The Kier molecular flexibility index (Phi) is 4.79. The summed E-state index contributed by atoms with van der Waals surface area (Å²) in [5, 5.41) is 14.4. The van der Waals surface area contributed by atoms with E-state index in [0.29, 0.717) is 11.8 Å². The number of likely N-dealkylation sites (tertiary alicyclic amines) is 1. The van der Waals surface area contributed by atoms with Gasteiger partial charge in [0.1, 0.15) is 0 Å². The number of benzene rings is 1. The van der Waals surface area contributed by atoms with E-state index >= 15 is 0 Å². The third-order valence-corrected chi connectivity index (χ3v) is 3.78. The minimum Gasteiger partial charge on any atom is -0.490 e. The number of anilines is 1. The molecule has 0 radical (unpaired) electrons. The molecule has 0 aromatic heterocycles. The molecule has 1 heterocycles. The van der Waals surface area contributed by atoms with Crippen molar-refractivity contribution in [2.24, 2.45) is 0 Å². The van der Waals surface area contributed by atoms with Crippen molar-refractivity contribution in [1.82, 2.24) is 4.90 Å². The number of hydrogen-bond donors (Lipinski definition) is 1. The van der Waals surface area contributed by atoms with E-state index in [1.807, 2.05) is 6.07 Å². The van der Waals surface area contributed by atoms with Crippen LogP contribution in [-0.2, 0) is 0 Å². The fraction of sp³-hybridized carbons (Fsp3) is 0.571. The van der Waals surface area contributed by atoms with Crippen LogP contribution >= 0.6 is 0 Å². The minimum atomic E-state index is -0.413. The van der Waals surface area contributed by atoms with E-state index in [9.17, 15) is 10.1 Å². The average Bonchev–Trinajstić information content (AvgIpc) is 2.48. The Morgan fingerprint density at radius 2 is 2.15 bits per heavy atom. The first-order chi connectivity index (χ1) is 9.63. The summed E-state index contributed by atoms with van der Waals surface area (Å²) in [6.07, 6.45) is 2.13. The zero-order chi connectivity index (χ0) is 14.5. The Bertz CT molecular complexity index is 471. The van der Waals surface area contributed by atoms with Crippen molar-refractivity contribution in [3.05, 3.63) is 28.3 Å². The van der Waals surface area contributed by atoms with Gasteiger partial charge in [-0.05, 0) is 31.5 Å². The molecular weight excluding hydrogens is 258 g/mol. The van der Waals surface area contributed by atoms with Crippen LogP contribution in [0.4, 0.5) is 11.4 Å². The maximum absolute atomic E-state index is 11.0. The highest BCUT2D eigenvalue weighted by atomic mass is 16.6. The molecule has 1 aliphatic heterocycles. The van der Waals surface area contributed by atoms with Crippen LogP contribution in [0.2, 0.25) is 0 Å². The lowest BCUT2D eigenvalue weighted by Gasteiger charge is -2.32. The lowest BCUT2D eigenvalue weighted by Crippen LogP contribution is -2.38. The van der Waals surface area contributed by atoms with Gasteiger partial charge in [-0.1, -0.05) is 6.92 Å². The molecule has 110 valence electrons. The first-order valence-electron chi connectivity index (χ1n) is 6.95. The molecule has 0 aliphatic carbocycles. The van der Waals surface area contributed by atoms with Crippen molar-refractivity contribution in [2.45, 2.75) is 25.8 Å². The topological polar surface area (TPSA) is 67.6 Å². The van der Waals surface area contributed by atoms with Gasteiger partial charge in [-0.15, -0.1) is 0 Å². The van der Waals surface area contributed by atoms with Crippen molar-refractivity contribution in [3.8, 4) is 5.75 Å². The lowest BCUT2D eigenvalue weighted by molar-refractivity contribution is -0.385. The van der Waals surface area contributed by atoms with Gasteiger partial charge in [0.25, 0.3) is 0 Å². The molecule has 1 fully saturated rings. The third kappa shape index (κ3) is 3.39. The SMILES string of the molecule is CCN1CCC(Nc2ccc(OC)c([N+](=O)[O-])c2)CC1. The molecule has 1 saturated heterocycles. The molecular formula is C14H21N3O3. The summed E-state index contributed by atoms with van der Waals surface area (Å²) in [4.78, 5) is 13.0. The predicted octanol–water partition coefficient (Wildman–Crippen LogP) is 2.50. The normalized spacial score (nSPS) is 16.9. The van der Waals surface area contributed by atoms with E-state index in [4.69, 9.17) is 4.74 Å². The first-order valence-corrected chi connectivity index (χ1v) is 6.95. The number of nitro benzene ring substituents is 1. The molecule has 20 heavy (non-hydrogen) atoms. The van der Waals surface area contributed by atoms with E-state index in [-0.39, 0.29) is 5.69 Å². The van der Waals surface area contributed by atoms with Gasteiger partial charge in [0.05, 0.1) is 12.0 Å². The maximum atomic E-state index is 11.0. The number of nitro groups is 1. The third-order valence-electron chi connectivity index (χ3n) is 3.78. The van der Waals surface area contributed by atoms with E-state index < -0.39 is 4.92 Å². The fourth-order valence-electron chi connectivity index (χ4n) is 2.55. The van der Waals surface area contributed by atoms with Crippen molar-refractivity contribution in [3.63, 3.8) is 0 Å². The average molecular weight is 279 g/mol. The predicted molar refractivity (Wildman–Crippen MR) is 78.4 cm³/mol. The van der Waals surface area contributed by atoms with Gasteiger partial charge < -0.3 is 15.0 Å². The largest absolute Gasteiger partial charge is 0.490 e. The van der Waals surface area contributed by atoms with E-state index in [1.54, 1.807) is 12.1 Å². The van der Waals surface area contributed by atoms with Gasteiger partial charge in [0.15, 0.2) is 5.75 Å². The second kappa shape index (κ2) is 6.56. The molecule has 6 nitrogen and oxygen atoms in total. The van der Waals surface area contributed by atoms with Crippen LogP contribution in [0.25, 0.3) is 0 Å². The Morgan fingerprint density at radius 3 is 2.70 bits per heavy atom. The zero-order valence-electron chi connectivity index (χ0n) is 12.0.